The number of benzene rings is 2. The second-order valence-electron chi connectivity index (χ2n) is 7.50. The van der Waals surface area contributed by atoms with Crippen molar-refractivity contribution < 1.29 is 9.53 Å². The summed E-state index contributed by atoms with van der Waals surface area (Å²) in [5.41, 5.74) is 4.38. The van der Waals surface area contributed by atoms with E-state index in [-0.39, 0.29) is 18.1 Å². The maximum absolute atomic E-state index is 12.5. The summed E-state index contributed by atoms with van der Waals surface area (Å²) < 4.78 is 7.89. The van der Waals surface area contributed by atoms with Crippen LogP contribution in [0, 0.1) is 0 Å². The molecule has 1 heterocycles. The van der Waals surface area contributed by atoms with Gasteiger partial charge in [0.1, 0.15) is 5.75 Å². The van der Waals surface area contributed by atoms with Crippen LogP contribution in [-0.2, 0) is 11.2 Å². The summed E-state index contributed by atoms with van der Waals surface area (Å²) in [4.78, 5) is 16.6. The first kappa shape index (κ1) is 19.0. The average molecular weight is 387 g/mol. The number of aryl methyl sites for hydroxylation is 1. The standard InChI is InChI=1S/C24H25N3O2/c1-17(2)29-23-15-18(7-11-22(23)27-14-13-25-16-27)8-12-24(28)26-21-10-9-19-5-3-4-6-20(19)21/h3-8,11-17,21H,9-10H2,1-2H3,(H,26,28)/b12-8+. The number of amides is 1. The van der Waals surface area contributed by atoms with Gasteiger partial charge in [0.25, 0.3) is 0 Å². The Kier molecular flexibility index (Phi) is 5.47. The minimum absolute atomic E-state index is 0.0437. The molecule has 1 aliphatic rings. The number of aromatic nitrogens is 2. The summed E-state index contributed by atoms with van der Waals surface area (Å²) in [6, 6.07) is 14.3. The minimum Gasteiger partial charge on any atom is -0.489 e. The van der Waals surface area contributed by atoms with Gasteiger partial charge in [-0.25, -0.2) is 4.98 Å². The van der Waals surface area contributed by atoms with Crippen LogP contribution in [0.15, 0.2) is 67.3 Å². The van der Waals surface area contributed by atoms with Gasteiger partial charge in [0.05, 0.1) is 24.2 Å². The molecule has 0 saturated heterocycles. The molecule has 1 amide bonds. The second-order valence-corrected chi connectivity index (χ2v) is 7.50. The van der Waals surface area contributed by atoms with Crippen molar-refractivity contribution in [3.8, 4) is 11.4 Å². The third-order valence-electron chi connectivity index (χ3n) is 5.01. The number of carbonyl (C=O) groups excluding carboxylic acids is 1. The van der Waals surface area contributed by atoms with Crippen molar-refractivity contribution in [3.05, 3.63) is 84.0 Å². The van der Waals surface area contributed by atoms with Crippen LogP contribution in [-0.4, -0.2) is 21.6 Å². The summed E-state index contributed by atoms with van der Waals surface area (Å²) in [6.45, 7) is 3.99. The lowest BCUT2D eigenvalue weighted by Crippen LogP contribution is -2.25. The number of hydrogen-bond donors (Lipinski definition) is 1. The van der Waals surface area contributed by atoms with Crippen LogP contribution in [0.25, 0.3) is 11.8 Å². The molecule has 0 radical (unpaired) electrons. The van der Waals surface area contributed by atoms with Gasteiger partial charge in [-0.15, -0.1) is 0 Å². The predicted octanol–water partition coefficient (Wildman–Crippen LogP) is 4.48. The van der Waals surface area contributed by atoms with E-state index < -0.39 is 0 Å². The van der Waals surface area contributed by atoms with Crippen LogP contribution < -0.4 is 10.1 Å². The fraction of sp³-hybridized carbons (Fsp3) is 0.250. The predicted molar refractivity (Wildman–Crippen MR) is 114 cm³/mol. The Bertz CT molecular complexity index is 1020. The van der Waals surface area contributed by atoms with Gasteiger partial charge in [-0.3, -0.25) is 4.79 Å². The highest BCUT2D eigenvalue weighted by molar-refractivity contribution is 5.92. The molecule has 1 atom stereocenters. The minimum atomic E-state index is -0.0864. The highest BCUT2D eigenvalue weighted by Gasteiger charge is 2.22. The molecule has 0 saturated carbocycles. The van der Waals surface area contributed by atoms with Gasteiger partial charge in [0.2, 0.25) is 5.91 Å². The van der Waals surface area contributed by atoms with Gasteiger partial charge in [0, 0.05) is 18.5 Å². The van der Waals surface area contributed by atoms with E-state index in [2.05, 4.69) is 22.4 Å². The molecule has 5 nitrogen and oxygen atoms in total. The van der Waals surface area contributed by atoms with E-state index in [1.54, 1.807) is 18.6 Å². The summed E-state index contributed by atoms with van der Waals surface area (Å²) in [6.07, 6.45) is 10.8. The van der Waals surface area contributed by atoms with Crippen molar-refractivity contribution in [1.82, 2.24) is 14.9 Å². The zero-order valence-corrected chi connectivity index (χ0v) is 16.7. The molecule has 0 spiro atoms. The first-order valence-electron chi connectivity index (χ1n) is 9.95. The molecule has 1 N–H and O–H groups in total. The molecule has 5 heteroatoms. The number of carbonyl (C=O) groups is 1. The molecule has 148 valence electrons. The fourth-order valence-corrected chi connectivity index (χ4v) is 3.70. The molecular weight excluding hydrogens is 362 g/mol. The number of fused-ring (bicyclic) bond motifs is 1. The fourth-order valence-electron chi connectivity index (χ4n) is 3.70. The third kappa shape index (κ3) is 4.40. The first-order chi connectivity index (χ1) is 14.1. The molecule has 0 aliphatic heterocycles. The summed E-state index contributed by atoms with van der Waals surface area (Å²) in [7, 11) is 0. The molecule has 3 aromatic rings. The number of nitrogens with one attached hydrogen (secondary N) is 1. The summed E-state index contributed by atoms with van der Waals surface area (Å²) in [5.74, 6) is 0.669. The Morgan fingerprint density at radius 3 is 2.93 bits per heavy atom. The number of nitrogens with zero attached hydrogens (tertiary/aromatic N) is 2. The maximum Gasteiger partial charge on any atom is 0.244 e. The van der Waals surface area contributed by atoms with Crippen LogP contribution >= 0.6 is 0 Å². The Balaban J connectivity index is 1.48. The highest BCUT2D eigenvalue weighted by atomic mass is 16.5. The van der Waals surface area contributed by atoms with E-state index >= 15 is 0 Å². The lowest BCUT2D eigenvalue weighted by atomic mass is 10.1. The molecule has 1 unspecified atom stereocenters. The van der Waals surface area contributed by atoms with Crippen LogP contribution in [0.4, 0.5) is 0 Å². The first-order valence-corrected chi connectivity index (χ1v) is 9.95. The van der Waals surface area contributed by atoms with Crippen molar-refractivity contribution in [2.75, 3.05) is 0 Å². The summed E-state index contributed by atoms with van der Waals surface area (Å²) in [5, 5.41) is 3.12. The van der Waals surface area contributed by atoms with E-state index in [0.29, 0.717) is 0 Å². The Hall–Kier alpha value is -3.34. The van der Waals surface area contributed by atoms with Gasteiger partial charge in [-0.05, 0) is 61.6 Å². The topological polar surface area (TPSA) is 56.1 Å². The zero-order chi connectivity index (χ0) is 20.2. The lowest BCUT2D eigenvalue weighted by molar-refractivity contribution is -0.117. The van der Waals surface area contributed by atoms with Crippen LogP contribution in [0.3, 0.4) is 0 Å². The van der Waals surface area contributed by atoms with Crippen molar-refractivity contribution in [1.29, 1.82) is 0 Å². The SMILES string of the molecule is CC(C)Oc1cc(/C=C/C(=O)NC2CCc3ccccc32)ccc1-n1ccnc1. The lowest BCUT2D eigenvalue weighted by Gasteiger charge is -2.15. The number of hydrogen-bond acceptors (Lipinski definition) is 3. The quantitative estimate of drug-likeness (QED) is 0.635. The Morgan fingerprint density at radius 2 is 2.14 bits per heavy atom. The van der Waals surface area contributed by atoms with E-state index in [0.717, 1.165) is 29.8 Å². The van der Waals surface area contributed by atoms with E-state index in [4.69, 9.17) is 4.74 Å². The average Bonchev–Trinajstić information content (AvgIpc) is 3.37. The van der Waals surface area contributed by atoms with Crippen molar-refractivity contribution in [3.63, 3.8) is 0 Å². The maximum atomic E-state index is 12.5. The monoisotopic (exact) mass is 387 g/mol. The normalized spacial score (nSPS) is 15.6. The molecule has 0 bridgehead atoms. The van der Waals surface area contributed by atoms with Gasteiger partial charge >= 0.3 is 0 Å². The van der Waals surface area contributed by atoms with Crippen molar-refractivity contribution in [2.45, 2.75) is 38.8 Å². The van der Waals surface area contributed by atoms with Crippen LogP contribution in [0.2, 0.25) is 0 Å². The van der Waals surface area contributed by atoms with Crippen molar-refractivity contribution >= 4 is 12.0 Å². The molecule has 29 heavy (non-hydrogen) atoms. The smallest absolute Gasteiger partial charge is 0.244 e. The van der Waals surface area contributed by atoms with Gasteiger partial charge in [0.15, 0.2) is 0 Å². The number of rotatable bonds is 6. The largest absolute Gasteiger partial charge is 0.489 e. The zero-order valence-electron chi connectivity index (χ0n) is 16.7. The van der Waals surface area contributed by atoms with E-state index in [1.165, 1.54) is 11.1 Å². The van der Waals surface area contributed by atoms with Crippen LogP contribution in [0.1, 0.15) is 43.0 Å². The molecular formula is C24H25N3O2. The van der Waals surface area contributed by atoms with Crippen molar-refractivity contribution in [2.24, 2.45) is 0 Å². The number of ether oxygens (including phenoxy) is 1. The third-order valence-corrected chi connectivity index (χ3v) is 5.01. The highest BCUT2D eigenvalue weighted by Crippen LogP contribution is 2.30. The molecule has 0 fully saturated rings. The molecule has 1 aliphatic carbocycles. The van der Waals surface area contributed by atoms with E-state index in [1.807, 2.05) is 61.0 Å². The van der Waals surface area contributed by atoms with Gasteiger partial charge in [-0.1, -0.05) is 30.3 Å². The van der Waals surface area contributed by atoms with Gasteiger partial charge < -0.3 is 14.6 Å². The van der Waals surface area contributed by atoms with E-state index in [9.17, 15) is 4.79 Å². The molecule has 4 rings (SSSR count). The molecule has 2 aromatic carbocycles. The Labute approximate surface area is 171 Å². The van der Waals surface area contributed by atoms with Crippen LogP contribution in [0.5, 0.6) is 5.75 Å². The summed E-state index contributed by atoms with van der Waals surface area (Å²) >= 11 is 0. The second kappa shape index (κ2) is 8.35. The van der Waals surface area contributed by atoms with Gasteiger partial charge in [-0.2, -0.15) is 0 Å². The molecule has 1 aromatic heterocycles. The number of imidazole rings is 1. The Morgan fingerprint density at radius 1 is 1.28 bits per heavy atom.